The zero-order valence-electron chi connectivity index (χ0n) is 12.6. The van der Waals surface area contributed by atoms with Gasteiger partial charge in [-0.2, -0.15) is 0 Å². The lowest BCUT2D eigenvalue weighted by Crippen LogP contribution is -2.28. The highest BCUT2D eigenvalue weighted by atomic mass is 16.6. The third-order valence-corrected chi connectivity index (χ3v) is 3.01. The predicted octanol–water partition coefficient (Wildman–Crippen LogP) is 3.29. The number of hydrogen-bond acceptors (Lipinski definition) is 4. The minimum absolute atomic E-state index is 0.337. The van der Waals surface area contributed by atoms with E-state index in [0.717, 1.165) is 5.56 Å². The molecule has 20 heavy (non-hydrogen) atoms. The van der Waals surface area contributed by atoms with Crippen LogP contribution in [0.25, 0.3) is 0 Å². The summed E-state index contributed by atoms with van der Waals surface area (Å²) in [5, 5.41) is 2.77. The van der Waals surface area contributed by atoms with Crippen LogP contribution in [0.3, 0.4) is 0 Å². The largest absolute Gasteiger partial charge is 0.497 e. The van der Waals surface area contributed by atoms with Gasteiger partial charge in [-0.25, -0.2) is 4.79 Å². The first-order chi connectivity index (χ1) is 9.23. The normalized spacial score (nSPS) is 21.2. The molecule has 0 radical (unpaired) electrons. The molecule has 1 atom stereocenters. The molecule has 5 heteroatoms. The summed E-state index contributed by atoms with van der Waals surface area (Å²) < 4.78 is 15.9. The monoisotopic (exact) mass is 279 g/mol. The topological polar surface area (TPSA) is 60.1 Å². The number of carbonyl (C=O) groups excluding carboxylic acids is 1. The van der Waals surface area contributed by atoms with Gasteiger partial charge in [0.15, 0.2) is 0 Å². The highest BCUT2D eigenvalue weighted by Gasteiger charge is 2.43. The Morgan fingerprint density at radius 3 is 2.55 bits per heavy atom. The Kier molecular flexibility index (Phi) is 3.65. The number of amides is 1. The van der Waals surface area contributed by atoms with Gasteiger partial charge < -0.3 is 14.2 Å². The summed E-state index contributed by atoms with van der Waals surface area (Å²) in [7, 11) is 1.58. The number of nitrogens with one attached hydrogen (secondary N) is 1. The van der Waals surface area contributed by atoms with Crippen molar-refractivity contribution in [1.29, 1.82) is 0 Å². The summed E-state index contributed by atoms with van der Waals surface area (Å²) in [4.78, 5) is 11.9. The summed E-state index contributed by atoms with van der Waals surface area (Å²) in [5.41, 5.74) is 0.697. The minimum Gasteiger partial charge on any atom is -0.497 e. The second-order valence-electron chi connectivity index (χ2n) is 6.06. The van der Waals surface area contributed by atoms with E-state index in [1.807, 2.05) is 39.8 Å². The van der Waals surface area contributed by atoms with E-state index in [2.05, 4.69) is 5.32 Å². The first kappa shape index (κ1) is 14.7. The van der Waals surface area contributed by atoms with E-state index in [0.29, 0.717) is 18.0 Å². The van der Waals surface area contributed by atoms with Crippen molar-refractivity contribution in [3.63, 3.8) is 0 Å². The molecule has 2 rings (SSSR count). The molecule has 0 spiro atoms. The van der Waals surface area contributed by atoms with Gasteiger partial charge in [0, 0.05) is 11.6 Å². The van der Waals surface area contributed by atoms with Gasteiger partial charge in [-0.05, 0) is 33.8 Å². The van der Waals surface area contributed by atoms with Gasteiger partial charge in [0.25, 0.3) is 0 Å². The summed E-state index contributed by atoms with van der Waals surface area (Å²) in [5.74, 6) is 0.670. The van der Waals surface area contributed by atoms with Gasteiger partial charge in [-0.1, -0.05) is 6.07 Å². The number of anilines is 1. The number of epoxide rings is 1. The van der Waals surface area contributed by atoms with Gasteiger partial charge in [-0.15, -0.1) is 0 Å². The lowest BCUT2D eigenvalue weighted by Gasteiger charge is -2.21. The van der Waals surface area contributed by atoms with E-state index in [9.17, 15) is 4.79 Å². The number of benzene rings is 1. The lowest BCUT2D eigenvalue weighted by atomic mass is 10.00. The molecular formula is C15H21NO4. The van der Waals surface area contributed by atoms with E-state index in [1.54, 1.807) is 13.2 Å². The molecule has 0 bridgehead atoms. The maximum Gasteiger partial charge on any atom is 0.412 e. The van der Waals surface area contributed by atoms with E-state index in [-0.39, 0.29) is 5.60 Å². The molecule has 1 aromatic carbocycles. The van der Waals surface area contributed by atoms with Crippen LogP contribution in [0.4, 0.5) is 10.5 Å². The smallest absolute Gasteiger partial charge is 0.412 e. The van der Waals surface area contributed by atoms with Crippen molar-refractivity contribution in [1.82, 2.24) is 0 Å². The molecule has 1 fully saturated rings. The van der Waals surface area contributed by atoms with E-state index in [4.69, 9.17) is 14.2 Å². The average Bonchev–Trinajstić information content (AvgIpc) is 3.05. The zero-order valence-corrected chi connectivity index (χ0v) is 12.6. The van der Waals surface area contributed by atoms with Crippen molar-refractivity contribution in [3.05, 3.63) is 23.8 Å². The summed E-state index contributed by atoms with van der Waals surface area (Å²) >= 11 is 0. The Hall–Kier alpha value is -1.75. The van der Waals surface area contributed by atoms with Gasteiger partial charge in [0.05, 0.1) is 19.4 Å². The van der Waals surface area contributed by atoms with Gasteiger partial charge in [0.2, 0.25) is 0 Å². The van der Waals surface area contributed by atoms with Crippen molar-refractivity contribution in [2.75, 3.05) is 19.0 Å². The van der Waals surface area contributed by atoms with Crippen molar-refractivity contribution < 1.29 is 19.0 Å². The molecule has 1 aliphatic rings. The quantitative estimate of drug-likeness (QED) is 0.862. The van der Waals surface area contributed by atoms with Crippen LogP contribution < -0.4 is 10.1 Å². The van der Waals surface area contributed by atoms with Gasteiger partial charge >= 0.3 is 6.09 Å². The Balaban J connectivity index is 2.22. The number of ether oxygens (including phenoxy) is 3. The molecule has 0 saturated carbocycles. The lowest BCUT2D eigenvalue weighted by molar-refractivity contribution is 0.0635. The Bertz CT molecular complexity index is 515. The average molecular weight is 279 g/mol. The molecular weight excluding hydrogens is 258 g/mol. The molecule has 1 aliphatic heterocycles. The molecule has 1 heterocycles. The fourth-order valence-corrected chi connectivity index (χ4v) is 1.89. The second-order valence-corrected chi connectivity index (χ2v) is 6.06. The fourth-order valence-electron chi connectivity index (χ4n) is 1.89. The summed E-state index contributed by atoms with van der Waals surface area (Å²) in [6, 6.07) is 5.52. The molecule has 1 amide bonds. The van der Waals surface area contributed by atoms with Crippen molar-refractivity contribution in [2.45, 2.75) is 38.9 Å². The minimum atomic E-state index is -0.539. The van der Waals surface area contributed by atoms with Crippen molar-refractivity contribution >= 4 is 11.8 Å². The predicted molar refractivity (Wildman–Crippen MR) is 76.2 cm³/mol. The van der Waals surface area contributed by atoms with Gasteiger partial charge in [-0.3, -0.25) is 5.32 Å². The zero-order chi connectivity index (χ0) is 15.0. The molecule has 0 aromatic heterocycles. The maximum atomic E-state index is 11.9. The SMILES string of the molecule is COc1ccc(C2(C)CO2)c(NC(=O)OC(C)(C)C)c1. The number of hydrogen-bond donors (Lipinski definition) is 1. The number of carbonyl (C=O) groups is 1. The van der Waals surface area contributed by atoms with E-state index < -0.39 is 11.7 Å². The molecule has 5 nitrogen and oxygen atoms in total. The molecule has 1 saturated heterocycles. The van der Waals surface area contributed by atoms with Crippen LogP contribution in [0.15, 0.2) is 18.2 Å². The van der Waals surface area contributed by atoms with Crippen LogP contribution in [0.1, 0.15) is 33.3 Å². The first-order valence-corrected chi connectivity index (χ1v) is 6.56. The molecule has 1 unspecified atom stereocenters. The van der Waals surface area contributed by atoms with E-state index in [1.165, 1.54) is 0 Å². The van der Waals surface area contributed by atoms with Crippen LogP contribution in [0, 0.1) is 0 Å². The summed E-state index contributed by atoms with van der Waals surface area (Å²) in [6.45, 7) is 8.09. The third kappa shape index (κ3) is 3.42. The highest BCUT2D eigenvalue weighted by molar-refractivity contribution is 5.86. The van der Waals surface area contributed by atoms with Gasteiger partial charge in [0.1, 0.15) is 17.0 Å². The molecule has 110 valence electrons. The maximum absolute atomic E-state index is 11.9. The van der Waals surface area contributed by atoms with Crippen molar-refractivity contribution in [2.24, 2.45) is 0 Å². The Labute approximate surface area is 119 Å². The van der Waals surface area contributed by atoms with Crippen LogP contribution in [0.2, 0.25) is 0 Å². The molecule has 1 N–H and O–H groups in total. The van der Waals surface area contributed by atoms with Crippen LogP contribution >= 0.6 is 0 Å². The summed E-state index contributed by atoms with van der Waals surface area (Å²) in [6.07, 6.45) is -0.490. The number of methoxy groups -OCH3 is 1. The van der Waals surface area contributed by atoms with Crippen LogP contribution in [-0.2, 0) is 15.1 Å². The molecule has 0 aliphatic carbocycles. The van der Waals surface area contributed by atoms with E-state index >= 15 is 0 Å². The van der Waals surface area contributed by atoms with Crippen molar-refractivity contribution in [3.8, 4) is 5.75 Å². The Morgan fingerprint density at radius 1 is 1.40 bits per heavy atom. The molecule has 1 aromatic rings. The Morgan fingerprint density at radius 2 is 2.05 bits per heavy atom. The standard InChI is InChI=1S/C15H21NO4/c1-14(2,3)20-13(17)16-12-8-10(18-5)6-7-11(12)15(4)9-19-15/h6-8H,9H2,1-5H3,(H,16,17). The van der Waals surface area contributed by atoms with Crippen LogP contribution in [-0.4, -0.2) is 25.4 Å². The highest BCUT2D eigenvalue weighted by Crippen LogP contribution is 2.42. The second kappa shape index (κ2) is 4.98. The van der Waals surface area contributed by atoms with Crippen LogP contribution in [0.5, 0.6) is 5.75 Å². The fraction of sp³-hybridized carbons (Fsp3) is 0.533. The first-order valence-electron chi connectivity index (χ1n) is 6.56. The number of rotatable bonds is 3. The third-order valence-electron chi connectivity index (χ3n) is 3.01.